The molecule has 7 nitrogen and oxygen atoms in total. The van der Waals surface area contributed by atoms with E-state index in [-0.39, 0.29) is 22.8 Å². The van der Waals surface area contributed by atoms with Crippen LogP contribution in [0.1, 0.15) is 65.7 Å². The van der Waals surface area contributed by atoms with Crippen molar-refractivity contribution < 1.29 is 44.5 Å². The standard InChI is InChI=1S/C24H23F3O7S/c1-4-5-9-20-21(18-13-16(10-11-19(18)33-20)23(29)32-14(2)3)22(28)15-7-6-8-17(12-15)34-35(30,31)24(25,26)27/h6-8,10-14H,4-5,9H2,1-3H3. The van der Waals surface area contributed by atoms with Crippen molar-refractivity contribution in [3.63, 3.8) is 0 Å². The first-order valence-electron chi connectivity index (χ1n) is 10.8. The topological polar surface area (TPSA) is 99.9 Å². The average Bonchev–Trinajstić information content (AvgIpc) is 3.13. The van der Waals surface area contributed by atoms with Crippen LogP contribution in [0.25, 0.3) is 11.0 Å². The van der Waals surface area contributed by atoms with Gasteiger partial charge >= 0.3 is 21.6 Å². The van der Waals surface area contributed by atoms with E-state index < -0.39 is 33.1 Å². The molecule has 0 N–H and O–H groups in total. The molecule has 0 aliphatic rings. The molecule has 3 rings (SSSR count). The second-order valence-electron chi connectivity index (χ2n) is 8.01. The summed E-state index contributed by atoms with van der Waals surface area (Å²) in [5.74, 6) is -1.55. The third-order valence-corrected chi connectivity index (χ3v) is 5.89. The largest absolute Gasteiger partial charge is 0.534 e. The SMILES string of the molecule is CCCCc1oc2ccc(C(=O)OC(C)C)cc2c1C(=O)c1cccc(OS(=O)(=O)C(F)(F)F)c1. The number of hydrogen-bond acceptors (Lipinski definition) is 7. The van der Waals surface area contributed by atoms with E-state index in [0.29, 0.717) is 29.6 Å². The smallest absolute Gasteiger partial charge is 0.460 e. The first-order valence-corrected chi connectivity index (χ1v) is 12.2. The van der Waals surface area contributed by atoms with Crippen LogP contribution in [-0.2, 0) is 21.3 Å². The Kier molecular flexibility index (Phi) is 7.59. The molecule has 35 heavy (non-hydrogen) atoms. The molecule has 0 spiro atoms. The van der Waals surface area contributed by atoms with Crippen LogP contribution in [-0.4, -0.2) is 31.8 Å². The van der Waals surface area contributed by atoms with Gasteiger partial charge in [-0.05, 0) is 50.6 Å². The number of carbonyl (C=O) groups excluding carboxylic acids is 2. The quantitative estimate of drug-likeness (QED) is 0.155. The van der Waals surface area contributed by atoms with Crippen LogP contribution in [0.2, 0.25) is 0 Å². The molecule has 0 fully saturated rings. The lowest BCUT2D eigenvalue weighted by Crippen LogP contribution is -2.28. The van der Waals surface area contributed by atoms with Crippen LogP contribution in [0, 0.1) is 0 Å². The minimum Gasteiger partial charge on any atom is -0.460 e. The molecule has 1 heterocycles. The van der Waals surface area contributed by atoms with Crippen molar-refractivity contribution in [3.05, 3.63) is 64.9 Å². The maximum Gasteiger partial charge on any atom is 0.534 e. The number of alkyl halides is 3. The third kappa shape index (κ3) is 5.84. The van der Waals surface area contributed by atoms with Crippen molar-refractivity contribution in [2.24, 2.45) is 0 Å². The van der Waals surface area contributed by atoms with E-state index in [1.807, 2.05) is 6.92 Å². The van der Waals surface area contributed by atoms with Gasteiger partial charge in [0.15, 0.2) is 5.78 Å². The lowest BCUT2D eigenvalue weighted by Gasteiger charge is -2.10. The molecule has 1 aromatic heterocycles. The Balaban J connectivity index is 2.08. The number of ether oxygens (including phenoxy) is 1. The summed E-state index contributed by atoms with van der Waals surface area (Å²) in [5, 5.41) is 0.327. The summed E-state index contributed by atoms with van der Waals surface area (Å²) < 4.78 is 76.1. The minimum atomic E-state index is -5.91. The molecule has 2 aromatic carbocycles. The monoisotopic (exact) mass is 512 g/mol. The Hall–Kier alpha value is -3.34. The van der Waals surface area contributed by atoms with E-state index in [1.165, 1.54) is 30.3 Å². The molecular formula is C24H23F3O7S. The number of halogens is 3. The molecule has 188 valence electrons. The van der Waals surface area contributed by atoms with Gasteiger partial charge in [0.1, 0.15) is 17.1 Å². The second kappa shape index (κ2) is 10.1. The summed E-state index contributed by atoms with van der Waals surface area (Å²) in [6.45, 7) is 5.34. The number of ketones is 1. The van der Waals surface area contributed by atoms with Crippen LogP contribution in [0.5, 0.6) is 5.75 Å². The number of hydrogen-bond donors (Lipinski definition) is 0. The first-order chi connectivity index (χ1) is 16.3. The Labute approximate surface area is 199 Å². The summed E-state index contributed by atoms with van der Waals surface area (Å²) in [5.41, 5.74) is -5.08. The predicted molar refractivity (Wildman–Crippen MR) is 121 cm³/mol. The van der Waals surface area contributed by atoms with Crippen molar-refractivity contribution >= 4 is 32.8 Å². The summed E-state index contributed by atoms with van der Waals surface area (Å²) in [7, 11) is -5.91. The van der Waals surface area contributed by atoms with Gasteiger partial charge < -0.3 is 13.3 Å². The average molecular weight is 513 g/mol. The normalized spacial score (nSPS) is 12.2. The van der Waals surface area contributed by atoms with Crippen molar-refractivity contribution in [1.82, 2.24) is 0 Å². The third-order valence-electron chi connectivity index (χ3n) is 4.91. The number of unbranched alkanes of at least 4 members (excludes halogenated alkanes) is 1. The molecule has 0 aliphatic heterocycles. The molecule has 0 radical (unpaired) electrons. The highest BCUT2D eigenvalue weighted by molar-refractivity contribution is 7.88. The number of esters is 1. The van der Waals surface area contributed by atoms with Crippen molar-refractivity contribution in [2.75, 3.05) is 0 Å². The van der Waals surface area contributed by atoms with Gasteiger partial charge in [0.25, 0.3) is 0 Å². The van der Waals surface area contributed by atoms with E-state index in [4.69, 9.17) is 9.15 Å². The Morgan fingerprint density at radius 1 is 1.06 bits per heavy atom. The number of carbonyl (C=O) groups is 2. The lowest BCUT2D eigenvalue weighted by atomic mass is 9.97. The van der Waals surface area contributed by atoms with E-state index in [9.17, 15) is 31.2 Å². The summed E-state index contributed by atoms with van der Waals surface area (Å²) >= 11 is 0. The molecule has 0 unspecified atom stereocenters. The maximum absolute atomic E-state index is 13.5. The highest BCUT2D eigenvalue weighted by Crippen LogP contribution is 2.32. The number of rotatable bonds is 9. The summed E-state index contributed by atoms with van der Waals surface area (Å²) in [6, 6.07) is 8.92. The van der Waals surface area contributed by atoms with Crippen LogP contribution in [0.3, 0.4) is 0 Å². The molecular weight excluding hydrogens is 489 g/mol. The molecule has 0 saturated carbocycles. The molecule has 3 aromatic rings. The van der Waals surface area contributed by atoms with Gasteiger partial charge in [-0.1, -0.05) is 25.5 Å². The fraction of sp³-hybridized carbons (Fsp3) is 0.333. The van der Waals surface area contributed by atoms with Crippen molar-refractivity contribution in [1.29, 1.82) is 0 Å². The molecule has 0 atom stereocenters. The van der Waals surface area contributed by atoms with Gasteiger partial charge in [0, 0.05) is 17.4 Å². The Bertz CT molecular complexity index is 1360. The van der Waals surface area contributed by atoms with Crippen LogP contribution >= 0.6 is 0 Å². The summed E-state index contributed by atoms with van der Waals surface area (Å²) in [4.78, 5) is 25.9. The zero-order valence-corrected chi connectivity index (χ0v) is 20.0. The van der Waals surface area contributed by atoms with E-state index in [0.717, 1.165) is 18.6 Å². The number of aryl methyl sites for hydroxylation is 1. The van der Waals surface area contributed by atoms with Crippen LogP contribution in [0.15, 0.2) is 46.9 Å². The maximum atomic E-state index is 13.5. The van der Waals surface area contributed by atoms with E-state index in [2.05, 4.69) is 4.18 Å². The number of furan rings is 1. The summed E-state index contributed by atoms with van der Waals surface area (Å²) in [6.07, 6.45) is 1.53. The van der Waals surface area contributed by atoms with Gasteiger partial charge in [-0.15, -0.1) is 0 Å². The lowest BCUT2D eigenvalue weighted by molar-refractivity contribution is -0.0500. The Morgan fingerprint density at radius 2 is 1.77 bits per heavy atom. The predicted octanol–water partition coefficient (Wildman–Crippen LogP) is 5.80. The van der Waals surface area contributed by atoms with E-state index in [1.54, 1.807) is 13.8 Å². The minimum absolute atomic E-state index is 0.115. The Morgan fingerprint density at radius 3 is 2.40 bits per heavy atom. The fourth-order valence-corrected chi connectivity index (χ4v) is 3.78. The number of fused-ring (bicyclic) bond motifs is 1. The van der Waals surface area contributed by atoms with Crippen molar-refractivity contribution in [2.45, 2.75) is 51.6 Å². The van der Waals surface area contributed by atoms with Gasteiger partial charge in [0.2, 0.25) is 0 Å². The fourth-order valence-electron chi connectivity index (χ4n) is 3.33. The highest BCUT2D eigenvalue weighted by Gasteiger charge is 2.48. The van der Waals surface area contributed by atoms with Crippen LogP contribution < -0.4 is 4.18 Å². The molecule has 11 heteroatoms. The first kappa shape index (κ1) is 26.3. The van der Waals surface area contributed by atoms with Crippen molar-refractivity contribution in [3.8, 4) is 5.75 Å². The van der Waals surface area contributed by atoms with Gasteiger partial charge in [-0.3, -0.25) is 4.79 Å². The van der Waals surface area contributed by atoms with Gasteiger partial charge in [-0.2, -0.15) is 21.6 Å². The van der Waals surface area contributed by atoms with Gasteiger partial charge in [-0.25, -0.2) is 4.79 Å². The number of benzene rings is 2. The zero-order chi connectivity index (χ0) is 26.0. The molecule has 0 amide bonds. The highest BCUT2D eigenvalue weighted by atomic mass is 32.2. The molecule has 0 bridgehead atoms. The second-order valence-corrected chi connectivity index (χ2v) is 9.55. The van der Waals surface area contributed by atoms with E-state index >= 15 is 0 Å². The molecule has 0 aliphatic carbocycles. The van der Waals surface area contributed by atoms with Crippen LogP contribution in [0.4, 0.5) is 13.2 Å². The zero-order valence-electron chi connectivity index (χ0n) is 19.1. The molecule has 0 saturated heterocycles. The van der Waals surface area contributed by atoms with Gasteiger partial charge in [0.05, 0.1) is 17.2 Å².